The van der Waals surface area contributed by atoms with Crippen molar-refractivity contribution in [2.45, 2.75) is 6.92 Å². The van der Waals surface area contributed by atoms with Gasteiger partial charge in [0, 0.05) is 0 Å². The molecule has 2 aromatic carbocycles. The molecule has 0 bridgehead atoms. The molecule has 3 N–H and O–H groups in total. The van der Waals surface area contributed by atoms with Crippen LogP contribution in [0.25, 0.3) is 0 Å². The third kappa shape index (κ3) is 2.12. The van der Waals surface area contributed by atoms with Gasteiger partial charge in [0.25, 0.3) is 0 Å². The lowest BCUT2D eigenvalue weighted by molar-refractivity contribution is 1.43. The number of rotatable bonds is 2. The molecule has 3 heteroatoms. The normalized spacial score (nSPS) is 10.1. The number of nitrogens with two attached hydrogens (primary N) is 1. The lowest BCUT2D eigenvalue weighted by Crippen LogP contribution is -1.97. The van der Waals surface area contributed by atoms with E-state index >= 15 is 0 Å². The molecule has 0 saturated heterocycles. The number of anilines is 3. The fourth-order valence-electron chi connectivity index (χ4n) is 1.54. The summed E-state index contributed by atoms with van der Waals surface area (Å²) >= 11 is 6.13. The first kappa shape index (κ1) is 10.8. The minimum Gasteiger partial charge on any atom is -0.397 e. The Kier molecular flexibility index (Phi) is 3.02. The van der Waals surface area contributed by atoms with Crippen molar-refractivity contribution in [1.82, 2.24) is 0 Å². The maximum Gasteiger partial charge on any atom is 0.0643 e. The van der Waals surface area contributed by atoms with Crippen LogP contribution in [0.15, 0.2) is 42.5 Å². The van der Waals surface area contributed by atoms with Gasteiger partial charge < -0.3 is 11.1 Å². The van der Waals surface area contributed by atoms with E-state index in [9.17, 15) is 0 Å². The summed E-state index contributed by atoms with van der Waals surface area (Å²) in [6.07, 6.45) is 0. The zero-order chi connectivity index (χ0) is 11.5. The average Bonchev–Trinajstić information content (AvgIpc) is 2.26. The van der Waals surface area contributed by atoms with E-state index < -0.39 is 0 Å². The molecule has 2 aromatic rings. The fourth-order valence-corrected chi connectivity index (χ4v) is 1.80. The summed E-state index contributed by atoms with van der Waals surface area (Å²) in [5, 5.41) is 3.95. The minimum absolute atomic E-state index is 0.697. The van der Waals surface area contributed by atoms with Crippen LogP contribution in [0.1, 0.15) is 5.56 Å². The van der Waals surface area contributed by atoms with Gasteiger partial charge in [0.1, 0.15) is 0 Å². The van der Waals surface area contributed by atoms with Gasteiger partial charge >= 0.3 is 0 Å². The summed E-state index contributed by atoms with van der Waals surface area (Å²) < 4.78 is 0. The zero-order valence-electron chi connectivity index (χ0n) is 9.00. The lowest BCUT2D eigenvalue weighted by atomic mass is 10.2. The smallest absolute Gasteiger partial charge is 0.0643 e. The summed E-state index contributed by atoms with van der Waals surface area (Å²) in [6, 6.07) is 13.4. The highest BCUT2D eigenvalue weighted by atomic mass is 35.5. The molecule has 0 fully saturated rings. The topological polar surface area (TPSA) is 38.0 Å². The Hall–Kier alpha value is -1.67. The molecule has 0 radical (unpaired) electrons. The Balaban J connectivity index is 2.38. The number of nitrogen functional groups attached to an aromatic ring is 1. The van der Waals surface area contributed by atoms with Crippen molar-refractivity contribution in [3.63, 3.8) is 0 Å². The number of hydrogen-bond acceptors (Lipinski definition) is 2. The van der Waals surface area contributed by atoms with Crippen molar-refractivity contribution in [1.29, 1.82) is 0 Å². The first-order valence-corrected chi connectivity index (χ1v) is 5.43. The van der Waals surface area contributed by atoms with E-state index in [2.05, 4.69) is 5.32 Å². The van der Waals surface area contributed by atoms with Crippen molar-refractivity contribution in [2.75, 3.05) is 11.1 Å². The summed E-state index contributed by atoms with van der Waals surface area (Å²) in [4.78, 5) is 0. The molecule has 0 saturated carbocycles. The standard InChI is InChI=1S/C13H13ClN2/c1-9-5-4-6-10(14)13(9)16-12-8-3-2-7-11(12)15/h2-8,16H,15H2,1H3. The first-order valence-electron chi connectivity index (χ1n) is 5.05. The molecular formula is C13H13ClN2. The monoisotopic (exact) mass is 232 g/mol. The van der Waals surface area contributed by atoms with Gasteiger partial charge in [0.2, 0.25) is 0 Å². The van der Waals surface area contributed by atoms with E-state index in [0.717, 1.165) is 16.9 Å². The Labute approximate surface area is 100 Å². The van der Waals surface area contributed by atoms with Gasteiger partial charge in [-0.15, -0.1) is 0 Å². The molecule has 0 spiro atoms. The van der Waals surface area contributed by atoms with Crippen molar-refractivity contribution in [3.8, 4) is 0 Å². The number of benzene rings is 2. The van der Waals surface area contributed by atoms with E-state index in [1.807, 2.05) is 49.4 Å². The second-order valence-corrected chi connectivity index (χ2v) is 4.05. The van der Waals surface area contributed by atoms with Gasteiger partial charge in [-0.1, -0.05) is 35.9 Å². The predicted molar refractivity (Wildman–Crippen MR) is 70.3 cm³/mol. The molecule has 0 heterocycles. The quantitative estimate of drug-likeness (QED) is 0.769. The lowest BCUT2D eigenvalue weighted by Gasteiger charge is -2.12. The highest BCUT2D eigenvalue weighted by molar-refractivity contribution is 6.33. The molecule has 2 rings (SSSR count). The van der Waals surface area contributed by atoms with E-state index in [1.165, 1.54) is 0 Å². The number of aryl methyl sites for hydroxylation is 1. The van der Waals surface area contributed by atoms with Gasteiger partial charge in [-0.2, -0.15) is 0 Å². The van der Waals surface area contributed by atoms with Crippen molar-refractivity contribution >= 4 is 28.7 Å². The molecule has 0 atom stereocenters. The summed E-state index contributed by atoms with van der Waals surface area (Å²) in [6.45, 7) is 2.01. The second kappa shape index (κ2) is 4.45. The average molecular weight is 233 g/mol. The molecule has 82 valence electrons. The van der Waals surface area contributed by atoms with E-state index in [1.54, 1.807) is 0 Å². The molecule has 0 unspecified atom stereocenters. The van der Waals surface area contributed by atoms with E-state index in [0.29, 0.717) is 10.7 Å². The Morgan fingerprint density at radius 1 is 1.06 bits per heavy atom. The molecule has 0 aromatic heterocycles. The molecule has 0 aliphatic heterocycles. The predicted octanol–water partition coefficient (Wildman–Crippen LogP) is 3.97. The summed E-state index contributed by atoms with van der Waals surface area (Å²) in [5.74, 6) is 0. The molecular weight excluding hydrogens is 220 g/mol. The van der Waals surface area contributed by atoms with Gasteiger partial charge in [0.15, 0.2) is 0 Å². The Bertz CT molecular complexity index is 489. The highest BCUT2D eigenvalue weighted by Crippen LogP contribution is 2.30. The number of hydrogen-bond donors (Lipinski definition) is 2. The van der Waals surface area contributed by atoms with Crippen LogP contribution in [-0.2, 0) is 0 Å². The van der Waals surface area contributed by atoms with Crippen LogP contribution in [0.4, 0.5) is 17.1 Å². The maximum absolute atomic E-state index is 6.13. The maximum atomic E-state index is 6.13. The van der Waals surface area contributed by atoms with Crippen LogP contribution in [0.5, 0.6) is 0 Å². The Morgan fingerprint density at radius 3 is 2.50 bits per heavy atom. The number of halogens is 1. The van der Waals surface area contributed by atoms with Gasteiger partial charge in [-0.3, -0.25) is 0 Å². The highest BCUT2D eigenvalue weighted by Gasteiger charge is 2.05. The van der Waals surface area contributed by atoms with Crippen LogP contribution in [0, 0.1) is 6.92 Å². The molecule has 2 nitrogen and oxygen atoms in total. The van der Waals surface area contributed by atoms with E-state index in [-0.39, 0.29) is 0 Å². The minimum atomic E-state index is 0.697. The van der Waals surface area contributed by atoms with Crippen LogP contribution in [0.3, 0.4) is 0 Å². The SMILES string of the molecule is Cc1cccc(Cl)c1Nc1ccccc1N. The number of nitrogens with one attached hydrogen (secondary N) is 1. The molecule has 0 aliphatic rings. The van der Waals surface area contributed by atoms with Gasteiger partial charge in [-0.05, 0) is 30.7 Å². The van der Waals surface area contributed by atoms with Crippen LogP contribution in [0.2, 0.25) is 5.02 Å². The largest absolute Gasteiger partial charge is 0.397 e. The fraction of sp³-hybridized carbons (Fsp3) is 0.0769. The molecule has 16 heavy (non-hydrogen) atoms. The zero-order valence-corrected chi connectivity index (χ0v) is 9.75. The Morgan fingerprint density at radius 2 is 1.81 bits per heavy atom. The third-order valence-corrected chi connectivity index (χ3v) is 2.76. The summed E-state index contributed by atoms with van der Waals surface area (Å²) in [7, 11) is 0. The van der Waals surface area contributed by atoms with Crippen LogP contribution < -0.4 is 11.1 Å². The van der Waals surface area contributed by atoms with Crippen LogP contribution in [-0.4, -0.2) is 0 Å². The van der Waals surface area contributed by atoms with Gasteiger partial charge in [-0.25, -0.2) is 0 Å². The van der Waals surface area contributed by atoms with Crippen LogP contribution >= 0.6 is 11.6 Å². The van der Waals surface area contributed by atoms with Crippen molar-refractivity contribution in [2.24, 2.45) is 0 Å². The first-order chi connectivity index (χ1) is 7.68. The molecule has 0 amide bonds. The van der Waals surface area contributed by atoms with E-state index in [4.69, 9.17) is 17.3 Å². The van der Waals surface area contributed by atoms with Crippen molar-refractivity contribution < 1.29 is 0 Å². The second-order valence-electron chi connectivity index (χ2n) is 3.64. The number of para-hydroxylation sites is 3. The van der Waals surface area contributed by atoms with Crippen molar-refractivity contribution in [3.05, 3.63) is 53.1 Å². The van der Waals surface area contributed by atoms with Gasteiger partial charge in [0.05, 0.1) is 22.1 Å². The summed E-state index contributed by atoms with van der Waals surface area (Å²) in [5.41, 5.74) is 9.44. The third-order valence-electron chi connectivity index (χ3n) is 2.44. The molecule has 0 aliphatic carbocycles.